The third kappa shape index (κ3) is 2.12. The van der Waals surface area contributed by atoms with Gasteiger partial charge in [0, 0.05) is 17.1 Å². The number of nitrogens with one attached hydrogen (secondary N) is 1. The normalized spacial score (nSPS) is 13.4. The molecular weight excluding hydrogens is 258 g/mol. The molecule has 0 spiro atoms. The molecule has 1 aromatic heterocycles. The number of fused-ring (bicyclic) bond motifs is 1. The third-order valence-corrected chi connectivity index (χ3v) is 3.84. The van der Waals surface area contributed by atoms with Crippen molar-refractivity contribution in [3.05, 3.63) is 40.0 Å². The maximum absolute atomic E-state index is 6.03. The second-order valence-electron chi connectivity index (χ2n) is 5.04. The minimum atomic E-state index is 0.770. The van der Waals surface area contributed by atoms with Gasteiger partial charge in [0.15, 0.2) is 0 Å². The maximum Gasteiger partial charge on any atom is 0.133 e. The molecule has 0 radical (unpaired) electrons. The number of rotatable bonds is 3. The molecule has 0 unspecified atom stereocenters. The Labute approximate surface area is 118 Å². The molecule has 0 amide bonds. The zero-order valence-electron chi connectivity index (χ0n) is 11.3. The number of hydrogen-bond acceptors (Lipinski definition) is 2. The second kappa shape index (κ2) is 4.89. The molecule has 1 aliphatic rings. The number of aromatic nitrogens is 2. The fourth-order valence-corrected chi connectivity index (χ4v) is 2.94. The Morgan fingerprint density at radius 1 is 1.42 bits per heavy atom. The summed E-state index contributed by atoms with van der Waals surface area (Å²) < 4.78 is 2.04. The average molecular weight is 276 g/mol. The topological polar surface area (TPSA) is 29.9 Å². The summed E-state index contributed by atoms with van der Waals surface area (Å²) in [4.78, 5) is 0. The Morgan fingerprint density at radius 3 is 3.00 bits per heavy atom. The molecule has 3 nitrogen and oxygen atoms in total. The van der Waals surface area contributed by atoms with Crippen molar-refractivity contribution in [2.75, 3.05) is 11.9 Å². The van der Waals surface area contributed by atoms with E-state index < -0.39 is 0 Å². The van der Waals surface area contributed by atoms with Crippen LogP contribution < -0.4 is 5.32 Å². The van der Waals surface area contributed by atoms with Crippen molar-refractivity contribution in [3.8, 4) is 5.69 Å². The van der Waals surface area contributed by atoms with Gasteiger partial charge in [-0.1, -0.05) is 24.9 Å². The van der Waals surface area contributed by atoms with Gasteiger partial charge in [-0.3, -0.25) is 0 Å². The van der Waals surface area contributed by atoms with Crippen LogP contribution in [0.1, 0.15) is 30.2 Å². The predicted molar refractivity (Wildman–Crippen MR) is 79.5 cm³/mol. The number of halogens is 1. The summed E-state index contributed by atoms with van der Waals surface area (Å²) in [5.74, 6) is 1.16. The fraction of sp³-hybridized carbons (Fsp3) is 0.400. The lowest BCUT2D eigenvalue weighted by Crippen LogP contribution is -2.06. The highest BCUT2D eigenvalue weighted by molar-refractivity contribution is 6.30. The van der Waals surface area contributed by atoms with E-state index in [9.17, 15) is 0 Å². The van der Waals surface area contributed by atoms with Crippen LogP contribution in [0.25, 0.3) is 5.69 Å². The van der Waals surface area contributed by atoms with Crippen LogP contribution in [-0.4, -0.2) is 16.3 Å². The Morgan fingerprint density at radius 2 is 2.26 bits per heavy atom. The maximum atomic E-state index is 6.03. The summed E-state index contributed by atoms with van der Waals surface area (Å²) in [6.45, 7) is 5.28. The van der Waals surface area contributed by atoms with Gasteiger partial charge in [0.05, 0.1) is 11.4 Å². The van der Waals surface area contributed by atoms with Gasteiger partial charge < -0.3 is 5.32 Å². The highest BCUT2D eigenvalue weighted by Gasteiger charge is 2.22. The Hall–Kier alpha value is -1.48. The molecular formula is C15H18ClN3. The monoisotopic (exact) mass is 275 g/mol. The van der Waals surface area contributed by atoms with Crippen LogP contribution in [0.15, 0.2) is 18.2 Å². The summed E-state index contributed by atoms with van der Waals surface area (Å²) in [5, 5.41) is 9.02. The molecule has 100 valence electrons. The van der Waals surface area contributed by atoms with Crippen LogP contribution in [0, 0.1) is 6.92 Å². The minimum Gasteiger partial charge on any atom is -0.369 e. The van der Waals surface area contributed by atoms with Gasteiger partial charge >= 0.3 is 0 Å². The number of aryl methyl sites for hydroxylation is 2. The number of hydrogen-bond donors (Lipinski definition) is 1. The number of anilines is 1. The standard InChI is InChI=1S/C15H18ClN3/c1-3-4-13-12-7-8-17-15(12)19(18-13)14-6-5-11(16)9-10(14)2/h5-6,9,17H,3-4,7-8H2,1-2H3. The van der Waals surface area contributed by atoms with Crippen LogP contribution in [-0.2, 0) is 12.8 Å². The lowest BCUT2D eigenvalue weighted by molar-refractivity contribution is 0.793. The summed E-state index contributed by atoms with van der Waals surface area (Å²) >= 11 is 6.03. The molecule has 1 aromatic carbocycles. The van der Waals surface area contributed by atoms with Gasteiger partial charge in [-0.15, -0.1) is 0 Å². The summed E-state index contributed by atoms with van der Waals surface area (Å²) in [7, 11) is 0. The Bertz CT molecular complexity index is 616. The first kappa shape index (κ1) is 12.5. The van der Waals surface area contributed by atoms with Crippen molar-refractivity contribution < 1.29 is 0 Å². The van der Waals surface area contributed by atoms with Gasteiger partial charge in [0.1, 0.15) is 5.82 Å². The molecule has 3 rings (SSSR count). The zero-order valence-corrected chi connectivity index (χ0v) is 12.1. The number of nitrogens with zero attached hydrogens (tertiary/aromatic N) is 2. The minimum absolute atomic E-state index is 0.770. The van der Waals surface area contributed by atoms with Crippen molar-refractivity contribution >= 4 is 17.4 Å². The lowest BCUT2D eigenvalue weighted by Gasteiger charge is -2.09. The van der Waals surface area contributed by atoms with Crippen molar-refractivity contribution in [1.82, 2.24) is 9.78 Å². The first-order chi connectivity index (χ1) is 9.20. The van der Waals surface area contributed by atoms with Gasteiger partial charge in [-0.25, -0.2) is 4.68 Å². The molecule has 0 saturated heterocycles. The molecule has 2 aromatic rings. The van der Waals surface area contributed by atoms with E-state index in [1.54, 1.807) is 0 Å². The first-order valence-electron chi connectivity index (χ1n) is 6.82. The van der Waals surface area contributed by atoms with Crippen molar-refractivity contribution in [2.45, 2.75) is 33.1 Å². The number of benzene rings is 1. The highest BCUT2D eigenvalue weighted by Crippen LogP contribution is 2.31. The molecule has 0 bridgehead atoms. The Balaban J connectivity index is 2.12. The average Bonchev–Trinajstić information content (AvgIpc) is 2.94. The van der Waals surface area contributed by atoms with Gasteiger partial charge in [-0.2, -0.15) is 5.10 Å². The van der Waals surface area contributed by atoms with Crippen LogP contribution in [0.4, 0.5) is 5.82 Å². The van der Waals surface area contributed by atoms with Crippen molar-refractivity contribution in [3.63, 3.8) is 0 Å². The molecule has 0 saturated carbocycles. The molecule has 2 heterocycles. The molecule has 0 atom stereocenters. The summed E-state index contributed by atoms with van der Waals surface area (Å²) in [6.07, 6.45) is 3.25. The third-order valence-electron chi connectivity index (χ3n) is 3.61. The van der Waals surface area contributed by atoms with E-state index >= 15 is 0 Å². The summed E-state index contributed by atoms with van der Waals surface area (Å²) in [6, 6.07) is 5.95. The highest BCUT2D eigenvalue weighted by atomic mass is 35.5. The Kier molecular flexibility index (Phi) is 3.23. The van der Waals surface area contributed by atoms with Crippen LogP contribution in [0.3, 0.4) is 0 Å². The van der Waals surface area contributed by atoms with E-state index in [0.717, 1.165) is 47.9 Å². The van der Waals surface area contributed by atoms with E-state index in [0.29, 0.717) is 0 Å². The van der Waals surface area contributed by atoms with Crippen LogP contribution in [0.2, 0.25) is 5.02 Å². The largest absolute Gasteiger partial charge is 0.369 e. The molecule has 1 aliphatic heterocycles. The van der Waals surface area contributed by atoms with E-state index in [2.05, 4.69) is 19.2 Å². The lowest BCUT2D eigenvalue weighted by atomic mass is 10.1. The quantitative estimate of drug-likeness (QED) is 0.924. The van der Waals surface area contributed by atoms with Crippen molar-refractivity contribution in [1.29, 1.82) is 0 Å². The SMILES string of the molecule is CCCc1nn(-c2ccc(Cl)cc2C)c2c1CCN2. The molecule has 1 N–H and O–H groups in total. The molecule has 4 heteroatoms. The predicted octanol–water partition coefficient (Wildman–Crippen LogP) is 3.75. The van der Waals surface area contributed by atoms with Gasteiger partial charge in [0.2, 0.25) is 0 Å². The molecule has 0 fully saturated rings. The van der Waals surface area contributed by atoms with E-state index in [1.807, 2.05) is 22.9 Å². The van der Waals surface area contributed by atoms with E-state index in [4.69, 9.17) is 16.7 Å². The fourth-order valence-electron chi connectivity index (χ4n) is 2.71. The zero-order chi connectivity index (χ0) is 13.4. The van der Waals surface area contributed by atoms with Gasteiger partial charge in [-0.05, 0) is 43.5 Å². The van der Waals surface area contributed by atoms with Crippen LogP contribution >= 0.6 is 11.6 Å². The van der Waals surface area contributed by atoms with E-state index in [-0.39, 0.29) is 0 Å². The van der Waals surface area contributed by atoms with Crippen molar-refractivity contribution in [2.24, 2.45) is 0 Å². The summed E-state index contributed by atoms with van der Waals surface area (Å²) in [5.41, 5.74) is 4.88. The van der Waals surface area contributed by atoms with Gasteiger partial charge in [0.25, 0.3) is 0 Å². The van der Waals surface area contributed by atoms with E-state index in [1.165, 1.54) is 11.3 Å². The van der Waals surface area contributed by atoms with Crippen LogP contribution in [0.5, 0.6) is 0 Å². The molecule has 0 aliphatic carbocycles. The molecule has 19 heavy (non-hydrogen) atoms. The second-order valence-corrected chi connectivity index (χ2v) is 5.48. The smallest absolute Gasteiger partial charge is 0.133 e. The first-order valence-corrected chi connectivity index (χ1v) is 7.19.